The molecule has 0 unspecified atom stereocenters. The third-order valence-electron chi connectivity index (χ3n) is 3.29. The Labute approximate surface area is 143 Å². The molecule has 8 heteroatoms. The number of halogens is 2. The Hall–Kier alpha value is -3.00. The van der Waals surface area contributed by atoms with Crippen LogP contribution in [0.15, 0.2) is 71.8 Å². The number of nitrogens with one attached hydrogen (secondary N) is 2. The lowest BCUT2D eigenvalue weighted by molar-refractivity contribution is 0.590. The first kappa shape index (κ1) is 16.8. The number of sulfonamides is 1. The first-order valence-corrected chi connectivity index (χ1v) is 8.69. The summed E-state index contributed by atoms with van der Waals surface area (Å²) in [6.45, 7) is 0. The normalized spacial score (nSPS) is 11.1. The third kappa shape index (κ3) is 3.92. The van der Waals surface area contributed by atoms with Crippen LogP contribution in [0.5, 0.6) is 0 Å². The fourth-order valence-electron chi connectivity index (χ4n) is 2.09. The van der Waals surface area contributed by atoms with Crippen LogP contribution in [0.25, 0.3) is 0 Å². The Bertz CT molecular complexity index is 958. The maximum atomic E-state index is 13.6. The molecule has 1 aromatic heterocycles. The predicted molar refractivity (Wildman–Crippen MR) is 91.1 cm³/mol. The van der Waals surface area contributed by atoms with Crippen LogP contribution in [0.4, 0.5) is 26.0 Å². The molecule has 0 aliphatic heterocycles. The molecular weight excluding hydrogens is 348 g/mol. The lowest BCUT2D eigenvalue weighted by Crippen LogP contribution is -2.13. The fourth-order valence-corrected chi connectivity index (χ4v) is 3.15. The predicted octanol–water partition coefficient (Wildman–Crippen LogP) is 3.90. The Morgan fingerprint density at radius 3 is 2.12 bits per heavy atom. The van der Waals surface area contributed by atoms with Crippen molar-refractivity contribution in [3.05, 3.63) is 78.5 Å². The fraction of sp³-hybridized carbons (Fsp3) is 0. The summed E-state index contributed by atoms with van der Waals surface area (Å²) >= 11 is 0. The highest BCUT2D eigenvalue weighted by atomic mass is 32.2. The summed E-state index contributed by atoms with van der Waals surface area (Å²) in [5.74, 6) is -1.34. The number of hydrogen-bond acceptors (Lipinski definition) is 4. The molecule has 0 aliphatic carbocycles. The van der Waals surface area contributed by atoms with Crippen molar-refractivity contribution >= 4 is 27.2 Å². The molecule has 1 heterocycles. The minimum Gasteiger partial charge on any atom is -0.335 e. The zero-order chi connectivity index (χ0) is 17.9. The second-order valence-corrected chi connectivity index (χ2v) is 6.75. The average molecular weight is 361 g/mol. The van der Waals surface area contributed by atoms with Gasteiger partial charge in [-0.3, -0.25) is 4.72 Å². The number of rotatable bonds is 5. The third-order valence-corrected chi connectivity index (χ3v) is 4.68. The standard InChI is InChI=1S/C17H13F2N3O2S/c18-14-7-4-8-15(19)17(14)21-16-10-9-12(11-20-16)22-25(23,24)13-5-2-1-3-6-13/h1-11,22H,(H,20,21). The van der Waals surface area contributed by atoms with E-state index in [0.717, 1.165) is 12.1 Å². The molecule has 5 nitrogen and oxygen atoms in total. The molecule has 0 amide bonds. The van der Waals surface area contributed by atoms with Crippen LogP contribution < -0.4 is 10.0 Å². The van der Waals surface area contributed by atoms with Crippen LogP contribution in [0.3, 0.4) is 0 Å². The number of benzene rings is 2. The second kappa shape index (κ2) is 6.86. The van der Waals surface area contributed by atoms with E-state index in [-0.39, 0.29) is 22.1 Å². The highest BCUT2D eigenvalue weighted by Gasteiger charge is 2.14. The molecule has 2 N–H and O–H groups in total. The Kier molecular flexibility index (Phi) is 4.62. The van der Waals surface area contributed by atoms with E-state index in [0.29, 0.717) is 0 Å². The van der Waals surface area contributed by atoms with Crippen LogP contribution in [0.2, 0.25) is 0 Å². The average Bonchev–Trinajstić information content (AvgIpc) is 2.60. The number of nitrogens with zero attached hydrogens (tertiary/aromatic N) is 1. The number of hydrogen-bond donors (Lipinski definition) is 2. The van der Waals surface area contributed by atoms with Crippen LogP contribution in [-0.4, -0.2) is 13.4 Å². The minimum absolute atomic E-state index is 0.116. The van der Waals surface area contributed by atoms with E-state index >= 15 is 0 Å². The molecule has 3 aromatic rings. The SMILES string of the molecule is O=S(=O)(Nc1ccc(Nc2c(F)cccc2F)nc1)c1ccccc1. The lowest BCUT2D eigenvalue weighted by Gasteiger charge is -2.10. The summed E-state index contributed by atoms with van der Waals surface area (Å²) in [6.07, 6.45) is 1.25. The van der Waals surface area contributed by atoms with Crippen molar-refractivity contribution in [2.24, 2.45) is 0 Å². The topological polar surface area (TPSA) is 71.1 Å². The molecule has 0 aliphatic rings. The first-order valence-electron chi connectivity index (χ1n) is 7.21. The Morgan fingerprint density at radius 1 is 0.840 bits per heavy atom. The summed E-state index contributed by atoms with van der Waals surface area (Å²) < 4.78 is 54.0. The largest absolute Gasteiger partial charge is 0.335 e. The highest BCUT2D eigenvalue weighted by molar-refractivity contribution is 7.92. The van der Waals surface area contributed by atoms with E-state index in [9.17, 15) is 17.2 Å². The number of anilines is 3. The Balaban J connectivity index is 1.77. The molecule has 0 fully saturated rings. The van der Waals surface area contributed by atoms with E-state index < -0.39 is 21.7 Å². The summed E-state index contributed by atoms with van der Waals surface area (Å²) in [5.41, 5.74) is -0.101. The summed E-state index contributed by atoms with van der Waals surface area (Å²) in [7, 11) is -3.73. The lowest BCUT2D eigenvalue weighted by atomic mass is 10.3. The van der Waals surface area contributed by atoms with Crippen molar-refractivity contribution in [1.82, 2.24) is 4.98 Å². The van der Waals surface area contributed by atoms with Gasteiger partial charge in [-0.15, -0.1) is 0 Å². The van der Waals surface area contributed by atoms with Gasteiger partial charge in [0.05, 0.1) is 16.8 Å². The van der Waals surface area contributed by atoms with E-state index in [1.807, 2.05) is 0 Å². The monoisotopic (exact) mass is 361 g/mol. The van der Waals surface area contributed by atoms with Crippen LogP contribution in [0.1, 0.15) is 0 Å². The van der Waals surface area contributed by atoms with Gasteiger partial charge in [0.15, 0.2) is 0 Å². The van der Waals surface area contributed by atoms with Gasteiger partial charge in [-0.25, -0.2) is 22.2 Å². The van der Waals surface area contributed by atoms with Gasteiger partial charge in [-0.1, -0.05) is 24.3 Å². The maximum Gasteiger partial charge on any atom is 0.261 e. The summed E-state index contributed by atoms with van der Waals surface area (Å²) in [5, 5.41) is 2.52. The molecule has 0 radical (unpaired) electrons. The Morgan fingerprint density at radius 2 is 1.52 bits per heavy atom. The maximum absolute atomic E-state index is 13.6. The summed E-state index contributed by atoms with van der Waals surface area (Å²) in [4.78, 5) is 4.08. The summed E-state index contributed by atoms with van der Waals surface area (Å²) in [6, 6.07) is 14.2. The number of pyridine rings is 1. The molecule has 0 atom stereocenters. The highest BCUT2D eigenvalue weighted by Crippen LogP contribution is 2.23. The molecule has 2 aromatic carbocycles. The molecular formula is C17H13F2N3O2S. The van der Waals surface area contributed by atoms with Gasteiger partial charge in [-0.2, -0.15) is 0 Å². The van der Waals surface area contributed by atoms with E-state index in [1.165, 1.54) is 36.5 Å². The van der Waals surface area contributed by atoms with Crippen molar-refractivity contribution in [2.75, 3.05) is 10.0 Å². The molecule has 25 heavy (non-hydrogen) atoms. The van der Waals surface area contributed by atoms with Crippen molar-refractivity contribution < 1.29 is 17.2 Å². The van der Waals surface area contributed by atoms with Crippen LogP contribution >= 0.6 is 0 Å². The minimum atomic E-state index is -3.73. The number of aromatic nitrogens is 1. The van der Waals surface area contributed by atoms with Crippen molar-refractivity contribution in [3.8, 4) is 0 Å². The number of para-hydroxylation sites is 1. The quantitative estimate of drug-likeness (QED) is 0.723. The van der Waals surface area contributed by atoms with E-state index in [1.54, 1.807) is 18.2 Å². The van der Waals surface area contributed by atoms with Crippen molar-refractivity contribution in [1.29, 1.82) is 0 Å². The van der Waals surface area contributed by atoms with Crippen LogP contribution in [-0.2, 0) is 10.0 Å². The van der Waals surface area contributed by atoms with Crippen molar-refractivity contribution in [2.45, 2.75) is 4.90 Å². The van der Waals surface area contributed by atoms with Gasteiger partial charge in [0, 0.05) is 0 Å². The van der Waals surface area contributed by atoms with Gasteiger partial charge < -0.3 is 5.32 Å². The van der Waals surface area contributed by atoms with Crippen molar-refractivity contribution in [3.63, 3.8) is 0 Å². The molecule has 0 spiro atoms. The zero-order valence-corrected chi connectivity index (χ0v) is 13.6. The van der Waals surface area contributed by atoms with Gasteiger partial charge in [0.25, 0.3) is 10.0 Å². The molecule has 3 rings (SSSR count). The zero-order valence-electron chi connectivity index (χ0n) is 12.8. The molecule has 0 saturated heterocycles. The molecule has 0 saturated carbocycles. The second-order valence-electron chi connectivity index (χ2n) is 5.07. The van der Waals surface area contributed by atoms with Gasteiger partial charge in [0.1, 0.15) is 23.1 Å². The molecule has 0 bridgehead atoms. The van der Waals surface area contributed by atoms with E-state index in [4.69, 9.17) is 0 Å². The van der Waals surface area contributed by atoms with Crippen LogP contribution in [0, 0.1) is 11.6 Å². The van der Waals surface area contributed by atoms with Gasteiger partial charge in [0.2, 0.25) is 0 Å². The smallest absolute Gasteiger partial charge is 0.261 e. The van der Waals surface area contributed by atoms with Gasteiger partial charge in [-0.05, 0) is 36.4 Å². The van der Waals surface area contributed by atoms with Gasteiger partial charge >= 0.3 is 0 Å². The molecule has 128 valence electrons. The van der Waals surface area contributed by atoms with E-state index in [2.05, 4.69) is 15.0 Å². The first-order chi connectivity index (χ1) is 12.0.